The van der Waals surface area contributed by atoms with Gasteiger partial charge in [0.2, 0.25) is 5.91 Å². The fraction of sp³-hybridized carbons (Fsp3) is 0.462. The van der Waals surface area contributed by atoms with Crippen LogP contribution < -0.4 is 9.64 Å². The maximum absolute atomic E-state index is 11.9. The van der Waals surface area contributed by atoms with Gasteiger partial charge in [0.1, 0.15) is 5.75 Å². The molecule has 4 heteroatoms. The second-order valence-electron chi connectivity index (χ2n) is 4.43. The Morgan fingerprint density at radius 2 is 2.29 bits per heavy atom. The van der Waals surface area contributed by atoms with Crippen LogP contribution in [0.3, 0.4) is 0 Å². The summed E-state index contributed by atoms with van der Waals surface area (Å²) in [6.07, 6.45) is 0.410. The molecule has 0 saturated carbocycles. The molecular formula is C13H17NO3. The lowest BCUT2D eigenvalue weighted by Crippen LogP contribution is -2.25. The van der Waals surface area contributed by atoms with Crippen molar-refractivity contribution in [2.75, 3.05) is 25.2 Å². The summed E-state index contributed by atoms with van der Waals surface area (Å²) >= 11 is 0. The van der Waals surface area contributed by atoms with E-state index in [2.05, 4.69) is 0 Å². The molecule has 2 rings (SSSR count). The smallest absolute Gasteiger partial charge is 0.227 e. The molecular weight excluding hydrogens is 218 g/mol. The minimum Gasteiger partial charge on any atom is -0.495 e. The molecule has 0 radical (unpaired) electrons. The molecule has 1 amide bonds. The quantitative estimate of drug-likeness (QED) is 0.860. The van der Waals surface area contributed by atoms with Crippen molar-refractivity contribution in [3.63, 3.8) is 0 Å². The number of hydrogen-bond acceptors (Lipinski definition) is 3. The third-order valence-electron chi connectivity index (χ3n) is 3.09. The van der Waals surface area contributed by atoms with Crippen LogP contribution in [-0.4, -0.2) is 31.3 Å². The van der Waals surface area contributed by atoms with Crippen LogP contribution in [0.25, 0.3) is 0 Å². The van der Waals surface area contributed by atoms with Crippen molar-refractivity contribution >= 4 is 11.6 Å². The second kappa shape index (κ2) is 4.75. The average Bonchev–Trinajstić information content (AvgIpc) is 2.70. The van der Waals surface area contributed by atoms with Crippen LogP contribution >= 0.6 is 0 Å². The molecule has 1 aliphatic rings. The number of aryl methyl sites for hydroxylation is 1. The van der Waals surface area contributed by atoms with Crippen LogP contribution in [0.4, 0.5) is 5.69 Å². The molecule has 1 aromatic rings. The number of rotatable bonds is 3. The Balaban J connectivity index is 2.33. The third-order valence-corrected chi connectivity index (χ3v) is 3.09. The first kappa shape index (κ1) is 11.9. The van der Waals surface area contributed by atoms with E-state index >= 15 is 0 Å². The fourth-order valence-electron chi connectivity index (χ4n) is 2.15. The Kier molecular flexibility index (Phi) is 3.33. The van der Waals surface area contributed by atoms with Gasteiger partial charge in [-0.3, -0.25) is 4.79 Å². The molecule has 1 aromatic carbocycles. The number of aliphatic hydroxyl groups is 1. The standard InChI is InChI=1S/C13H17NO3/c1-9-3-4-12(17-2)11(5-9)14-7-10(8-15)6-13(14)16/h3-5,10,15H,6-8H2,1-2H3. The lowest BCUT2D eigenvalue weighted by atomic mass is 10.1. The van der Waals surface area contributed by atoms with E-state index in [-0.39, 0.29) is 18.4 Å². The Morgan fingerprint density at radius 3 is 2.88 bits per heavy atom. The van der Waals surface area contributed by atoms with Crippen LogP contribution in [0.1, 0.15) is 12.0 Å². The zero-order valence-corrected chi connectivity index (χ0v) is 10.1. The molecule has 4 nitrogen and oxygen atoms in total. The summed E-state index contributed by atoms with van der Waals surface area (Å²) in [4.78, 5) is 13.6. The summed E-state index contributed by atoms with van der Waals surface area (Å²) in [5.74, 6) is 0.781. The topological polar surface area (TPSA) is 49.8 Å². The number of anilines is 1. The highest BCUT2D eigenvalue weighted by Gasteiger charge is 2.31. The van der Waals surface area contributed by atoms with Gasteiger partial charge in [-0.1, -0.05) is 6.07 Å². The van der Waals surface area contributed by atoms with E-state index in [1.807, 2.05) is 25.1 Å². The molecule has 1 saturated heterocycles. The van der Waals surface area contributed by atoms with Gasteiger partial charge in [-0.05, 0) is 24.6 Å². The highest BCUT2D eigenvalue weighted by atomic mass is 16.5. The first-order chi connectivity index (χ1) is 8.15. The normalized spacial score (nSPS) is 19.8. The Labute approximate surface area is 101 Å². The number of amides is 1. The minimum absolute atomic E-state index is 0.0349. The van der Waals surface area contributed by atoms with Crippen molar-refractivity contribution < 1.29 is 14.6 Å². The zero-order chi connectivity index (χ0) is 12.4. The molecule has 0 aliphatic carbocycles. The summed E-state index contributed by atoms with van der Waals surface area (Å²) in [7, 11) is 1.60. The van der Waals surface area contributed by atoms with Gasteiger partial charge in [0.15, 0.2) is 0 Å². The molecule has 17 heavy (non-hydrogen) atoms. The molecule has 0 aromatic heterocycles. The van der Waals surface area contributed by atoms with Crippen LogP contribution in [0.2, 0.25) is 0 Å². The number of aliphatic hydroxyl groups excluding tert-OH is 1. The summed E-state index contributed by atoms with van der Waals surface area (Å²) in [5, 5.41) is 9.12. The second-order valence-corrected chi connectivity index (χ2v) is 4.43. The van der Waals surface area contributed by atoms with E-state index in [4.69, 9.17) is 9.84 Å². The van der Waals surface area contributed by atoms with Crippen LogP contribution in [0.5, 0.6) is 5.75 Å². The van der Waals surface area contributed by atoms with Crippen molar-refractivity contribution in [3.8, 4) is 5.75 Å². The van der Waals surface area contributed by atoms with E-state index in [1.165, 1.54) is 0 Å². The number of benzene rings is 1. The Hall–Kier alpha value is -1.55. The molecule has 1 heterocycles. The Morgan fingerprint density at radius 1 is 1.53 bits per heavy atom. The lowest BCUT2D eigenvalue weighted by Gasteiger charge is -2.20. The maximum atomic E-state index is 11.9. The predicted octanol–water partition coefficient (Wildman–Crippen LogP) is 1.35. The van der Waals surface area contributed by atoms with Gasteiger partial charge in [0.05, 0.1) is 12.8 Å². The SMILES string of the molecule is COc1ccc(C)cc1N1CC(CO)CC1=O. The minimum atomic E-state index is 0.0349. The molecule has 1 fully saturated rings. The number of hydrogen-bond donors (Lipinski definition) is 1. The largest absolute Gasteiger partial charge is 0.495 e. The molecule has 1 aliphatic heterocycles. The molecule has 1 atom stereocenters. The number of carbonyl (C=O) groups excluding carboxylic acids is 1. The summed E-state index contributed by atoms with van der Waals surface area (Å²) in [6.45, 7) is 2.60. The fourth-order valence-corrected chi connectivity index (χ4v) is 2.15. The van der Waals surface area contributed by atoms with Gasteiger partial charge in [-0.25, -0.2) is 0 Å². The van der Waals surface area contributed by atoms with Crippen molar-refractivity contribution in [2.24, 2.45) is 5.92 Å². The van der Waals surface area contributed by atoms with Crippen LogP contribution in [0, 0.1) is 12.8 Å². The summed E-state index contributed by atoms with van der Waals surface area (Å²) in [6, 6.07) is 5.76. The summed E-state index contributed by atoms with van der Waals surface area (Å²) < 4.78 is 5.27. The van der Waals surface area contributed by atoms with E-state index in [0.29, 0.717) is 18.7 Å². The molecule has 1 unspecified atom stereocenters. The molecule has 0 bridgehead atoms. The van der Waals surface area contributed by atoms with Gasteiger partial charge in [-0.15, -0.1) is 0 Å². The first-order valence-electron chi connectivity index (χ1n) is 5.71. The van der Waals surface area contributed by atoms with Crippen LogP contribution in [-0.2, 0) is 4.79 Å². The number of ether oxygens (including phenoxy) is 1. The van der Waals surface area contributed by atoms with Gasteiger partial charge in [-0.2, -0.15) is 0 Å². The van der Waals surface area contributed by atoms with E-state index in [0.717, 1.165) is 11.3 Å². The predicted molar refractivity (Wildman–Crippen MR) is 65.3 cm³/mol. The molecule has 0 spiro atoms. The number of nitrogens with zero attached hydrogens (tertiary/aromatic N) is 1. The van der Waals surface area contributed by atoms with Crippen molar-refractivity contribution in [3.05, 3.63) is 23.8 Å². The maximum Gasteiger partial charge on any atom is 0.227 e. The van der Waals surface area contributed by atoms with Gasteiger partial charge in [0, 0.05) is 25.5 Å². The van der Waals surface area contributed by atoms with Gasteiger partial charge >= 0.3 is 0 Å². The highest BCUT2D eigenvalue weighted by molar-refractivity contribution is 5.97. The number of methoxy groups -OCH3 is 1. The summed E-state index contributed by atoms with van der Waals surface area (Å²) in [5.41, 5.74) is 1.88. The zero-order valence-electron chi connectivity index (χ0n) is 10.1. The van der Waals surface area contributed by atoms with Gasteiger partial charge < -0.3 is 14.7 Å². The van der Waals surface area contributed by atoms with Crippen molar-refractivity contribution in [2.45, 2.75) is 13.3 Å². The monoisotopic (exact) mass is 235 g/mol. The lowest BCUT2D eigenvalue weighted by molar-refractivity contribution is -0.117. The van der Waals surface area contributed by atoms with E-state index in [1.54, 1.807) is 12.0 Å². The third kappa shape index (κ3) is 2.26. The van der Waals surface area contributed by atoms with Gasteiger partial charge in [0.25, 0.3) is 0 Å². The average molecular weight is 235 g/mol. The van der Waals surface area contributed by atoms with E-state index in [9.17, 15) is 4.79 Å². The van der Waals surface area contributed by atoms with Crippen LogP contribution in [0.15, 0.2) is 18.2 Å². The highest BCUT2D eigenvalue weighted by Crippen LogP contribution is 2.33. The number of carbonyl (C=O) groups is 1. The Bertz CT molecular complexity index is 431. The molecule has 92 valence electrons. The first-order valence-corrected chi connectivity index (χ1v) is 5.71. The molecule has 1 N–H and O–H groups in total. The van der Waals surface area contributed by atoms with Crippen molar-refractivity contribution in [1.82, 2.24) is 0 Å². The van der Waals surface area contributed by atoms with E-state index < -0.39 is 0 Å². The van der Waals surface area contributed by atoms with Crippen molar-refractivity contribution in [1.29, 1.82) is 0 Å².